The number of carbonyl (C=O) groups is 3. The molecule has 0 radical (unpaired) electrons. The molecule has 3 N–H and O–H groups in total. The van der Waals surface area contributed by atoms with Gasteiger partial charge in [-0.25, -0.2) is 0 Å². The maximum Gasteiger partial charge on any atom is 0.332 e. The Hall–Kier alpha value is -2.37. The Kier molecular flexibility index (Phi) is 10.4. The number of hydrogen-bond donors (Lipinski definition) is 3. The zero-order chi connectivity index (χ0) is 21.9. The number of rotatable bonds is 13. The maximum atomic E-state index is 12.9. The van der Waals surface area contributed by atoms with Crippen molar-refractivity contribution in [3.05, 3.63) is 29.8 Å². The lowest BCUT2D eigenvalue weighted by molar-refractivity contribution is -0.137. The van der Waals surface area contributed by atoms with Gasteiger partial charge in [-0.2, -0.15) is 8.42 Å². The Balaban J connectivity index is 2.79. The van der Waals surface area contributed by atoms with Gasteiger partial charge < -0.3 is 25.6 Å². The van der Waals surface area contributed by atoms with Crippen LogP contribution in [0.1, 0.15) is 18.9 Å². The van der Waals surface area contributed by atoms with E-state index in [1.165, 1.54) is 17.0 Å². The van der Waals surface area contributed by atoms with Crippen molar-refractivity contribution < 1.29 is 26.7 Å². The summed E-state index contributed by atoms with van der Waals surface area (Å²) in [6.45, 7) is 2.58. The van der Waals surface area contributed by atoms with Crippen LogP contribution in [0.4, 0.5) is 3.89 Å². The first-order valence-electron chi connectivity index (χ1n) is 9.13. The van der Waals surface area contributed by atoms with Gasteiger partial charge in [-0.1, -0.05) is 19.1 Å². The quantitative estimate of drug-likeness (QED) is 0.287. The third kappa shape index (κ3) is 8.67. The average Bonchev–Trinajstić information content (AvgIpc) is 2.66. The Labute approximate surface area is 170 Å². The molecule has 11 heteroatoms. The first-order valence-corrected chi connectivity index (χ1v) is 10.5. The van der Waals surface area contributed by atoms with E-state index in [-0.39, 0.29) is 38.0 Å². The second-order valence-electron chi connectivity index (χ2n) is 6.31. The molecule has 1 aromatic rings. The van der Waals surface area contributed by atoms with Crippen molar-refractivity contribution in [2.75, 3.05) is 33.2 Å². The van der Waals surface area contributed by atoms with E-state index >= 15 is 0 Å². The number of nitrogens with zero attached hydrogens (tertiary/aromatic N) is 1. The van der Waals surface area contributed by atoms with E-state index < -0.39 is 21.2 Å². The molecule has 29 heavy (non-hydrogen) atoms. The molecule has 9 nitrogen and oxygen atoms in total. The third-order valence-electron chi connectivity index (χ3n) is 3.95. The maximum absolute atomic E-state index is 12.9. The Morgan fingerprint density at radius 1 is 1.24 bits per heavy atom. The van der Waals surface area contributed by atoms with Crippen LogP contribution in [0.25, 0.3) is 0 Å². The van der Waals surface area contributed by atoms with Crippen LogP contribution in [0, 0.1) is 0 Å². The normalized spacial score (nSPS) is 12.2. The summed E-state index contributed by atoms with van der Waals surface area (Å²) in [6, 6.07) is 4.32. The van der Waals surface area contributed by atoms with Gasteiger partial charge in [-0.05, 0) is 31.2 Å². The molecule has 0 aliphatic carbocycles. The summed E-state index contributed by atoms with van der Waals surface area (Å²) in [6.07, 6.45) is 1.29. The van der Waals surface area contributed by atoms with Crippen LogP contribution in [-0.2, 0) is 31.2 Å². The highest BCUT2D eigenvalue weighted by atomic mass is 32.3. The minimum absolute atomic E-state index is 0.0321. The highest BCUT2D eigenvalue weighted by Gasteiger charge is 2.25. The van der Waals surface area contributed by atoms with Crippen LogP contribution < -0.4 is 16.0 Å². The number of amides is 2. The van der Waals surface area contributed by atoms with Crippen LogP contribution in [0.3, 0.4) is 0 Å². The SMILES string of the molecule is CCCN(CC=O)C(=O)[C@H](CNCc1ccc(S(=O)(=O)F)cc1)NC(=O)CNC. The summed E-state index contributed by atoms with van der Waals surface area (Å²) in [4.78, 5) is 36.5. The van der Waals surface area contributed by atoms with E-state index in [0.717, 1.165) is 12.1 Å². The number of likely N-dealkylation sites (N-methyl/N-ethyl adjacent to an activating group) is 1. The molecule has 0 saturated carbocycles. The summed E-state index contributed by atoms with van der Waals surface area (Å²) in [5.41, 5.74) is 0.670. The van der Waals surface area contributed by atoms with Crippen LogP contribution in [0.15, 0.2) is 29.2 Å². The van der Waals surface area contributed by atoms with Crippen molar-refractivity contribution in [3.8, 4) is 0 Å². The Morgan fingerprint density at radius 2 is 1.90 bits per heavy atom. The molecule has 0 aliphatic heterocycles. The average molecular weight is 431 g/mol. The summed E-state index contributed by atoms with van der Waals surface area (Å²) >= 11 is 0. The van der Waals surface area contributed by atoms with E-state index in [2.05, 4.69) is 16.0 Å². The monoisotopic (exact) mass is 430 g/mol. The van der Waals surface area contributed by atoms with E-state index in [9.17, 15) is 26.7 Å². The van der Waals surface area contributed by atoms with Crippen molar-refractivity contribution >= 4 is 28.3 Å². The third-order valence-corrected chi connectivity index (χ3v) is 4.79. The van der Waals surface area contributed by atoms with Crippen LogP contribution in [0.2, 0.25) is 0 Å². The van der Waals surface area contributed by atoms with Gasteiger partial charge in [0.05, 0.1) is 18.0 Å². The lowest BCUT2D eigenvalue weighted by Gasteiger charge is -2.26. The zero-order valence-electron chi connectivity index (χ0n) is 16.5. The molecule has 0 spiro atoms. The van der Waals surface area contributed by atoms with E-state index in [0.29, 0.717) is 24.8 Å². The van der Waals surface area contributed by atoms with Crippen molar-refractivity contribution in [2.45, 2.75) is 30.8 Å². The van der Waals surface area contributed by atoms with Gasteiger partial charge in [0.25, 0.3) is 0 Å². The predicted molar refractivity (Wildman–Crippen MR) is 105 cm³/mol. The van der Waals surface area contributed by atoms with Crippen LogP contribution in [0.5, 0.6) is 0 Å². The molecule has 0 heterocycles. The van der Waals surface area contributed by atoms with E-state index in [1.807, 2.05) is 6.92 Å². The van der Waals surface area contributed by atoms with Gasteiger partial charge in [0.15, 0.2) is 0 Å². The summed E-state index contributed by atoms with van der Waals surface area (Å²) < 4.78 is 34.6. The van der Waals surface area contributed by atoms with Crippen LogP contribution >= 0.6 is 0 Å². The Morgan fingerprint density at radius 3 is 2.41 bits per heavy atom. The summed E-state index contributed by atoms with van der Waals surface area (Å²) in [5.74, 6) is -0.748. The lowest BCUT2D eigenvalue weighted by Crippen LogP contribution is -2.54. The lowest BCUT2D eigenvalue weighted by atomic mass is 10.2. The molecule has 1 rings (SSSR count). The first-order chi connectivity index (χ1) is 13.7. The molecule has 0 fully saturated rings. The summed E-state index contributed by atoms with van der Waals surface area (Å²) in [5, 5.41) is 8.34. The Bertz CT molecular complexity index is 786. The highest BCUT2D eigenvalue weighted by molar-refractivity contribution is 7.86. The minimum atomic E-state index is -4.76. The smallest absolute Gasteiger partial charge is 0.332 e. The standard InChI is InChI=1S/C18H27FN4O5S/c1-3-8-23(9-10-24)18(26)16(22-17(25)13-20-2)12-21-11-14-4-6-15(7-5-14)29(19,27)28/h4-7,10,16,20-21H,3,8-9,11-13H2,1-2H3,(H,22,25)/t16-/m0/s1. The molecule has 1 atom stereocenters. The van der Waals surface area contributed by atoms with Gasteiger partial charge in [0, 0.05) is 19.6 Å². The molecule has 0 aromatic heterocycles. The van der Waals surface area contributed by atoms with Gasteiger partial charge in [-0.3, -0.25) is 9.59 Å². The van der Waals surface area contributed by atoms with Crippen molar-refractivity contribution in [3.63, 3.8) is 0 Å². The fraction of sp³-hybridized carbons (Fsp3) is 0.500. The summed E-state index contributed by atoms with van der Waals surface area (Å²) in [7, 11) is -3.15. The fourth-order valence-electron chi connectivity index (χ4n) is 2.61. The number of halogens is 1. The first kappa shape index (κ1) is 24.7. The molecular formula is C18H27FN4O5S. The van der Waals surface area contributed by atoms with Gasteiger partial charge in [0.2, 0.25) is 11.8 Å². The fourth-order valence-corrected chi connectivity index (χ4v) is 3.07. The number of aldehydes is 1. The molecule has 0 bridgehead atoms. The van der Waals surface area contributed by atoms with E-state index in [1.54, 1.807) is 7.05 Å². The molecule has 1 aromatic carbocycles. The van der Waals surface area contributed by atoms with Gasteiger partial charge >= 0.3 is 10.2 Å². The minimum Gasteiger partial charge on any atom is -0.342 e. The van der Waals surface area contributed by atoms with E-state index in [4.69, 9.17) is 0 Å². The van der Waals surface area contributed by atoms with Crippen molar-refractivity contribution in [1.29, 1.82) is 0 Å². The number of carbonyl (C=O) groups excluding carboxylic acids is 3. The molecule has 162 valence electrons. The second-order valence-corrected chi connectivity index (χ2v) is 7.66. The second kappa shape index (κ2) is 12.2. The number of nitrogens with one attached hydrogen (secondary N) is 3. The largest absolute Gasteiger partial charge is 0.342 e. The van der Waals surface area contributed by atoms with Gasteiger partial charge in [-0.15, -0.1) is 3.89 Å². The molecule has 0 saturated heterocycles. The highest BCUT2D eigenvalue weighted by Crippen LogP contribution is 2.12. The molecule has 0 aliphatic rings. The van der Waals surface area contributed by atoms with Crippen molar-refractivity contribution in [2.24, 2.45) is 0 Å². The molecule has 0 unspecified atom stereocenters. The number of benzene rings is 1. The van der Waals surface area contributed by atoms with Crippen molar-refractivity contribution in [1.82, 2.24) is 20.9 Å². The molecule has 2 amide bonds. The predicted octanol–water partition coefficient (Wildman–Crippen LogP) is -0.424. The number of hydrogen-bond acceptors (Lipinski definition) is 7. The topological polar surface area (TPSA) is 125 Å². The van der Waals surface area contributed by atoms with Gasteiger partial charge in [0.1, 0.15) is 12.3 Å². The zero-order valence-corrected chi connectivity index (χ0v) is 17.3. The molecular weight excluding hydrogens is 403 g/mol. The van der Waals surface area contributed by atoms with Crippen LogP contribution in [-0.4, -0.2) is 70.7 Å².